The Kier molecular flexibility index (Phi) is 10.1. The van der Waals surface area contributed by atoms with E-state index in [1.165, 1.54) is 0 Å². The van der Waals surface area contributed by atoms with Crippen LogP contribution in [-0.2, 0) is 18.6 Å². The second-order valence-corrected chi connectivity index (χ2v) is 11.1. The van der Waals surface area contributed by atoms with Crippen LogP contribution in [0.3, 0.4) is 0 Å². The molecule has 0 spiro atoms. The maximum Gasteiger partial charge on any atom is 0.470 e. The first-order valence-corrected chi connectivity index (χ1v) is 13.6. The number of carbonyl (C=O) groups is 1. The number of nitrogens with zero attached hydrogens (tertiary/aromatic N) is 1. The monoisotopic (exact) mass is 504 g/mol. The third-order valence-corrected chi connectivity index (χ3v) is 7.51. The molecule has 2 rings (SSSR count). The van der Waals surface area contributed by atoms with Gasteiger partial charge in [-0.3, -0.25) is 14.2 Å². The fourth-order valence-electron chi connectivity index (χ4n) is 4.38. The number of phosphoric ester groups is 1. The topological polar surface area (TPSA) is 149 Å². The van der Waals surface area contributed by atoms with Crippen LogP contribution in [0.25, 0.3) is 0 Å². The molecule has 0 saturated carbocycles. The number of carbonyl (C=O) groups excluding carboxylic acids is 1. The Labute approximate surface area is 192 Å². The summed E-state index contributed by atoms with van der Waals surface area (Å²) in [5.41, 5.74) is -0.894. The van der Waals surface area contributed by atoms with Crippen LogP contribution >= 0.6 is 31.2 Å². The van der Waals surface area contributed by atoms with E-state index in [2.05, 4.69) is 12.2 Å². The molecule has 2 aliphatic heterocycles. The third-order valence-electron chi connectivity index (χ3n) is 5.86. The van der Waals surface area contributed by atoms with Gasteiger partial charge in [0.05, 0.1) is 17.5 Å². The largest absolute Gasteiger partial charge is 0.470 e. The summed E-state index contributed by atoms with van der Waals surface area (Å²) in [5.74, 6) is 0.130. The van der Waals surface area contributed by atoms with Crippen LogP contribution in [0, 0.1) is 5.92 Å². The molecule has 5 N–H and O–H groups in total. The van der Waals surface area contributed by atoms with Gasteiger partial charge in [-0.1, -0.05) is 13.3 Å². The number of nitrogens with one attached hydrogen (secondary N) is 1. The third kappa shape index (κ3) is 7.02. The van der Waals surface area contributed by atoms with Crippen molar-refractivity contribution >= 4 is 37.1 Å². The highest BCUT2D eigenvalue weighted by atomic mass is 35.5. The summed E-state index contributed by atoms with van der Waals surface area (Å²) in [6.45, 7) is 4.51. The summed E-state index contributed by atoms with van der Waals surface area (Å²) in [7, 11) is -3.16. The molecule has 2 saturated heterocycles. The minimum atomic E-state index is -5.04. The number of aliphatic hydroxyl groups excluding tert-OH is 2. The van der Waals surface area contributed by atoms with Gasteiger partial charge in [0.25, 0.3) is 0 Å². The van der Waals surface area contributed by atoms with Gasteiger partial charge in [0.2, 0.25) is 5.91 Å². The van der Waals surface area contributed by atoms with Crippen molar-refractivity contribution in [3.63, 3.8) is 0 Å². The lowest BCUT2D eigenvalue weighted by Crippen LogP contribution is -2.65. The minimum absolute atomic E-state index is 0.279. The number of aliphatic hydroxyl groups is 2. The number of hydrogen-bond acceptors (Lipinski definition) is 8. The Hall–Kier alpha value is 0.0600. The first-order chi connectivity index (χ1) is 14.4. The van der Waals surface area contributed by atoms with Crippen molar-refractivity contribution in [2.24, 2.45) is 5.92 Å². The van der Waals surface area contributed by atoms with E-state index in [1.807, 2.05) is 11.9 Å². The molecule has 0 aromatic heterocycles. The Morgan fingerprint density at radius 2 is 2.03 bits per heavy atom. The minimum Gasteiger partial charge on any atom is -0.387 e. The SMILES string of the molecule is CCC[C@@H]1C[C@H](C(=O)N[C@@H]([C@@H]2O[C@H](SC)[C@H](O)[C@H](O)[C@H]2OP(=O)(O)O)[C@H](C)Cl)N(C)C1. The predicted molar refractivity (Wildman–Crippen MR) is 118 cm³/mol. The second kappa shape index (κ2) is 11.5. The van der Waals surface area contributed by atoms with E-state index in [-0.39, 0.29) is 11.9 Å². The molecular weight excluding hydrogens is 471 g/mol. The lowest BCUT2D eigenvalue weighted by molar-refractivity contribution is -0.201. The van der Waals surface area contributed by atoms with Crippen molar-refractivity contribution in [1.29, 1.82) is 0 Å². The standard InChI is InChI=1S/C18H34ClN2O8PS/c1-5-6-10-7-11(21(3)8-10)17(24)20-12(9(2)19)15-16(29-30(25,26)27)13(22)14(23)18(28-15)31-4/h9-16,18,22-23H,5-8H2,1-4H3,(H,20,24)(H2,25,26,27)/t9-,10+,11+,12+,13-,14+,15-,16+,18+/m0/s1. The average molecular weight is 505 g/mol. The highest BCUT2D eigenvalue weighted by molar-refractivity contribution is 7.99. The fraction of sp³-hybridized carbons (Fsp3) is 0.944. The van der Waals surface area contributed by atoms with E-state index < -0.39 is 49.1 Å². The van der Waals surface area contributed by atoms with Gasteiger partial charge in [-0.2, -0.15) is 0 Å². The number of likely N-dealkylation sites (tertiary alicyclic amines) is 1. The highest BCUT2D eigenvalue weighted by Gasteiger charge is 2.51. The number of thioether (sulfide) groups is 1. The van der Waals surface area contributed by atoms with Crippen LogP contribution in [0.1, 0.15) is 33.1 Å². The van der Waals surface area contributed by atoms with Gasteiger partial charge in [-0.05, 0) is 39.0 Å². The number of amides is 1. The zero-order valence-corrected chi connectivity index (χ0v) is 20.6. The zero-order valence-electron chi connectivity index (χ0n) is 18.1. The van der Waals surface area contributed by atoms with E-state index in [0.29, 0.717) is 12.3 Å². The second-order valence-electron chi connectivity index (χ2n) is 8.30. The Balaban J connectivity index is 2.25. The van der Waals surface area contributed by atoms with Gasteiger partial charge in [0.15, 0.2) is 0 Å². The number of alkyl halides is 1. The first-order valence-electron chi connectivity index (χ1n) is 10.3. The van der Waals surface area contributed by atoms with Gasteiger partial charge >= 0.3 is 7.82 Å². The van der Waals surface area contributed by atoms with Crippen molar-refractivity contribution in [3.8, 4) is 0 Å². The molecule has 0 unspecified atom stereocenters. The van der Waals surface area contributed by atoms with Crippen LogP contribution in [0.2, 0.25) is 0 Å². The molecule has 31 heavy (non-hydrogen) atoms. The van der Waals surface area contributed by atoms with Crippen molar-refractivity contribution < 1.29 is 38.6 Å². The van der Waals surface area contributed by atoms with E-state index in [0.717, 1.165) is 31.1 Å². The van der Waals surface area contributed by atoms with Gasteiger partial charge in [0.1, 0.15) is 29.9 Å². The molecule has 0 aromatic carbocycles. The van der Waals surface area contributed by atoms with Gasteiger partial charge in [0, 0.05) is 6.54 Å². The smallest absolute Gasteiger partial charge is 0.387 e. The molecule has 0 aromatic rings. The Morgan fingerprint density at radius 3 is 2.55 bits per heavy atom. The van der Waals surface area contributed by atoms with Gasteiger partial charge in [-0.25, -0.2) is 4.57 Å². The molecule has 0 aliphatic carbocycles. The maximum atomic E-state index is 13.1. The molecule has 0 bridgehead atoms. The van der Waals surface area contributed by atoms with Crippen LogP contribution in [0.4, 0.5) is 0 Å². The van der Waals surface area contributed by atoms with Crippen LogP contribution < -0.4 is 5.32 Å². The number of hydrogen-bond donors (Lipinski definition) is 5. The normalized spacial score (nSPS) is 36.9. The molecule has 13 heteroatoms. The summed E-state index contributed by atoms with van der Waals surface area (Å²) in [5, 5.41) is 22.9. The van der Waals surface area contributed by atoms with Crippen LogP contribution in [0.5, 0.6) is 0 Å². The average Bonchev–Trinajstić information content (AvgIpc) is 3.03. The zero-order chi connectivity index (χ0) is 23.5. The molecule has 2 fully saturated rings. The predicted octanol–water partition coefficient (Wildman–Crippen LogP) is 0.507. The van der Waals surface area contributed by atoms with Crippen molar-refractivity contribution in [2.45, 2.75) is 80.4 Å². The van der Waals surface area contributed by atoms with E-state index in [4.69, 9.17) is 20.9 Å². The summed E-state index contributed by atoms with van der Waals surface area (Å²) < 4.78 is 22.1. The van der Waals surface area contributed by atoms with E-state index in [9.17, 15) is 29.4 Å². The van der Waals surface area contributed by atoms with Gasteiger partial charge < -0.3 is 30.1 Å². The summed E-state index contributed by atoms with van der Waals surface area (Å²) in [6, 6.07) is -1.30. The van der Waals surface area contributed by atoms with Crippen LogP contribution in [-0.4, -0.2) is 98.0 Å². The number of halogens is 1. The molecular formula is C18H34ClN2O8PS. The Morgan fingerprint density at radius 1 is 1.39 bits per heavy atom. The number of rotatable bonds is 9. The van der Waals surface area contributed by atoms with Crippen molar-refractivity contribution in [3.05, 3.63) is 0 Å². The number of phosphoric acid groups is 1. The maximum absolute atomic E-state index is 13.1. The number of ether oxygens (including phenoxy) is 1. The molecule has 182 valence electrons. The quantitative estimate of drug-likeness (QED) is 0.222. The lowest BCUT2D eigenvalue weighted by atomic mass is 9.92. The fourth-order valence-corrected chi connectivity index (χ4v) is 5.82. The van der Waals surface area contributed by atoms with Crippen molar-refractivity contribution in [1.82, 2.24) is 10.2 Å². The lowest BCUT2D eigenvalue weighted by Gasteiger charge is -2.45. The van der Waals surface area contributed by atoms with Crippen molar-refractivity contribution in [2.75, 3.05) is 19.8 Å². The molecule has 0 radical (unpaired) electrons. The summed E-state index contributed by atoms with van der Waals surface area (Å²) >= 11 is 7.46. The molecule has 10 nitrogen and oxygen atoms in total. The molecule has 9 atom stereocenters. The Bertz CT molecular complexity index is 656. The summed E-state index contributed by atoms with van der Waals surface area (Å²) in [4.78, 5) is 33.7. The first kappa shape index (κ1) is 27.3. The molecule has 2 aliphatic rings. The van der Waals surface area contributed by atoms with Crippen LogP contribution in [0.15, 0.2) is 0 Å². The number of likely N-dealkylation sites (N-methyl/N-ethyl adjacent to an activating group) is 1. The molecule has 2 heterocycles. The van der Waals surface area contributed by atoms with E-state index in [1.54, 1.807) is 13.2 Å². The summed E-state index contributed by atoms with van der Waals surface area (Å²) in [6.07, 6.45) is -1.49. The molecule has 1 amide bonds. The van der Waals surface area contributed by atoms with E-state index >= 15 is 0 Å². The van der Waals surface area contributed by atoms with Gasteiger partial charge in [-0.15, -0.1) is 23.4 Å². The highest BCUT2D eigenvalue weighted by Crippen LogP contribution is 2.43.